The summed E-state index contributed by atoms with van der Waals surface area (Å²) < 4.78 is 0. The normalized spacial score (nSPS) is 15.1. The van der Waals surface area contributed by atoms with Gasteiger partial charge >= 0.3 is 0 Å². The third kappa shape index (κ3) is 6.45. The average Bonchev–Trinajstić information content (AvgIpc) is 3.87. The Labute approximate surface area is 413 Å². The van der Waals surface area contributed by atoms with Gasteiger partial charge in [-0.3, -0.25) is 0 Å². The van der Waals surface area contributed by atoms with Gasteiger partial charge in [-0.2, -0.15) is 0 Å². The van der Waals surface area contributed by atoms with Gasteiger partial charge in [0.15, 0.2) is 0 Å². The minimum absolute atomic E-state index is 0.0887. The number of fused-ring (bicyclic) bond motifs is 11. The van der Waals surface area contributed by atoms with E-state index in [1.807, 2.05) is 0 Å². The first-order valence-electron chi connectivity index (χ1n) is 25.0. The van der Waals surface area contributed by atoms with Crippen molar-refractivity contribution >= 4 is 17.1 Å². The summed E-state index contributed by atoms with van der Waals surface area (Å²) in [4.78, 5) is 2.49. The van der Waals surface area contributed by atoms with Crippen molar-refractivity contribution in [2.45, 2.75) is 56.8 Å². The molecule has 0 saturated heterocycles. The number of para-hydroxylation sites is 1. The van der Waals surface area contributed by atoms with E-state index >= 15 is 0 Å². The van der Waals surface area contributed by atoms with Crippen LogP contribution in [0.2, 0.25) is 0 Å². The molecule has 10 aromatic carbocycles. The summed E-state index contributed by atoms with van der Waals surface area (Å²) in [5.41, 5.74) is 26.5. The number of rotatable bonds is 7. The van der Waals surface area contributed by atoms with Crippen molar-refractivity contribution in [2.24, 2.45) is 0 Å². The highest BCUT2D eigenvalue weighted by atomic mass is 15.1. The van der Waals surface area contributed by atoms with Gasteiger partial charge in [-0.15, -0.1) is 0 Å². The van der Waals surface area contributed by atoms with E-state index in [4.69, 9.17) is 0 Å². The summed E-state index contributed by atoms with van der Waals surface area (Å²) in [6.45, 7) is 9.72. The largest absolute Gasteiger partial charge is 0.310 e. The predicted octanol–water partition coefficient (Wildman–Crippen LogP) is 18.5. The molecule has 0 bridgehead atoms. The summed E-state index contributed by atoms with van der Waals surface area (Å²) in [6, 6.07) is 88.7. The third-order valence-corrected chi connectivity index (χ3v) is 16.2. The van der Waals surface area contributed by atoms with E-state index in [9.17, 15) is 0 Å². The number of nitrogens with zero attached hydrogens (tertiary/aromatic N) is 1. The van der Waals surface area contributed by atoms with Gasteiger partial charge in [-0.05, 0) is 155 Å². The molecule has 0 aliphatic heterocycles. The Hall–Kier alpha value is -8.00. The highest BCUT2D eigenvalue weighted by molar-refractivity contribution is 6.00. The average molecular weight is 898 g/mol. The molecule has 13 rings (SSSR count). The van der Waals surface area contributed by atoms with E-state index in [2.05, 4.69) is 269 Å². The fraction of sp³-hybridized carbons (Fsp3) is 0.130. The van der Waals surface area contributed by atoms with Crippen molar-refractivity contribution in [3.63, 3.8) is 0 Å². The minimum Gasteiger partial charge on any atom is -0.310 e. The van der Waals surface area contributed by atoms with Crippen LogP contribution < -0.4 is 4.90 Å². The van der Waals surface area contributed by atoms with E-state index in [-0.39, 0.29) is 10.8 Å². The second-order valence-electron chi connectivity index (χ2n) is 21.0. The molecule has 0 heterocycles. The fourth-order valence-electron chi connectivity index (χ4n) is 12.6. The molecular weight excluding hydrogens is 843 g/mol. The van der Waals surface area contributed by atoms with Crippen molar-refractivity contribution in [1.29, 1.82) is 0 Å². The van der Waals surface area contributed by atoms with Gasteiger partial charge in [0, 0.05) is 16.9 Å². The SMILES string of the molecule is CC1(C)CCC(C)(C)c2c(-c3ccc(-c4cc5c(cc4N(c4ccccc4)c4ccc(-c6ccc(-c7ccccc7)cc6)cc4)C4(c6ccccc6-c6ccccc64)c4ccccc4-5)cc3)cccc21. The van der Waals surface area contributed by atoms with Crippen LogP contribution in [0.25, 0.3) is 66.8 Å². The Bertz CT molecular complexity index is 3570. The quantitative estimate of drug-likeness (QED) is 0.154. The van der Waals surface area contributed by atoms with Crippen LogP contribution in [0.4, 0.5) is 17.1 Å². The minimum atomic E-state index is -0.485. The molecule has 0 radical (unpaired) electrons. The summed E-state index contributed by atoms with van der Waals surface area (Å²) in [6.07, 6.45) is 2.37. The van der Waals surface area contributed by atoms with Crippen LogP contribution in [0.15, 0.2) is 237 Å². The molecule has 1 nitrogen and oxygen atoms in total. The summed E-state index contributed by atoms with van der Waals surface area (Å²) in [5, 5.41) is 0. The molecule has 1 heteroatoms. The number of hydrogen-bond acceptors (Lipinski definition) is 1. The monoisotopic (exact) mass is 897 g/mol. The van der Waals surface area contributed by atoms with E-state index in [0.717, 1.165) is 17.1 Å². The van der Waals surface area contributed by atoms with Gasteiger partial charge in [-0.25, -0.2) is 0 Å². The smallest absolute Gasteiger partial charge is 0.0726 e. The van der Waals surface area contributed by atoms with Crippen LogP contribution >= 0.6 is 0 Å². The van der Waals surface area contributed by atoms with Gasteiger partial charge in [0.25, 0.3) is 0 Å². The highest BCUT2D eigenvalue weighted by Crippen LogP contribution is 2.64. The second kappa shape index (κ2) is 16.0. The number of anilines is 3. The van der Waals surface area contributed by atoms with Crippen LogP contribution in [-0.2, 0) is 16.2 Å². The molecule has 10 aromatic rings. The van der Waals surface area contributed by atoms with Crippen LogP contribution in [0.1, 0.15) is 73.9 Å². The van der Waals surface area contributed by atoms with Crippen molar-refractivity contribution in [3.8, 4) is 66.8 Å². The zero-order valence-corrected chi connectivity index (χ0v) is 40.4. The summed E-state index contributed by atoms with van der Waals surface area (Å²) in [7, 11) is 0. The standard InChI is InChI=1S/C69H55N/c1-67(2)42-43-68(3,4)66-54(25-17-29-63(66)67)50-34-36-51(37-35-50)58-44-59-57-24-13-16-28-62(57)69(60-26-14-11-22-55(60)56-23-12-15-27-61(56)69)64(59)45-65(58)70(52-20-9-6-10-21-52)53-40-38-49(39-41-53)48-32-30-47(31-33-48)46-18-7-5-8-19-46/h5-41,44-45H,42-43H2,1-4H3. The topological polar surface area (TPSA) is 3.24 Å². The first-order chi connectivity index (χ1) is 34.2. The molecule has 0 amide bonds. The predicted molar refractivity (Wildman–Crippen MR) is 294 cm³/mol. The maximum absolute atomic E-state index is 2.55. The van der Waals surface area contributed by atoms with E-state index in [1.165, 1.54) is 113 Å². The van der Waals surface area contributed by atoms with Gasteiger partial charge < -0.3 is 4.90 Å². The summed E-state index contributed by atoms with van der Waals surface area (Å²) in [5.74, 6) is 0. The Balaban J connectivity index is 1.03. The van der Waals surface area contributed by atoms with E-state index in [1.54, 1.807) is 0 Å². The van der Waals surface area contributed by atoms with Crippen molar-refractivity contribution in [3.05, 3.63) is 270 Å². The van der Waals surface area contributed by atoms with Crippen LogP contribution in [0.3, 0.4) is 0 Å². The van der Waals surface area contributed by atoms with Gasteiger partial charge in [-0.1, -0.05) is 228 Å². The summed E-state index contributed by atoms with van der Waals surface area (Å²) >= 11 is 0. The second-order valence-corrected chi connectivity index (χ2v) is 21.0. The molecule has 1 spiro atoms. The van der Waals surface area contributed by atoms with Crippen LogP contribution in [-0.4, -0.2) is 0 Å². The zero-order valence-electron chi connectivity index (χ0n) is 40.4. The molecule has 70 heavy (non-hydrogen) atoms. The first-order valence-corrected chi connectivity index (χ1v) is 25.0. The Morgan fingerprint density at radius 1 is 0.286 bits per heavy atom. The zero-order chi connectivity index (χ0) is 47.2. The molecule has 0 aromatic heterocycles. The maximum atomic E-state index is 2.55. The number of benzene rings is 10. The molecule has 0 fully saturated rings. The fourth-order valence-corrected chi connectivity index (χ4v) is 12.6. The van der Waals surface area contributed by atoms with Crippen molar-refractivity contribution in [2.75, 3.05) is 4.90 Å². The van der Waals surface area contributed by atoms with Crippen molar-refractivity contribution < 1.29 is 0 Å². The molecule has 336 valence electrons. The lowest BCUT2D eigenvalue weighted by molar-refractivity contribution is 0.333. The molecule has 0 unspecified atom stereocenters. The molecule has 3 aliphatic rings. The van der Waals surface area contributed by atoms with Crippen LogP contribution in [0.5, 0.6) is 0 Å². The molecule has 3 aliphatic carbocycles. The lowest BCUT2D eigenvalue weighted by atomic mass is 9.61. The highest BCUT2D eigenvalue weighted by Gasteiger charge is 2.52. The third-order valence-electron chi connectivity index (χ3n) is 16.2. The van der Waals surface area contributed by atoms with E-state index < -0.39 is 5.41 Å². The number of hydrogen-bond donors (Lipinski definition) is 0. The van der Waals surface area contributed by atoms with E-state index in [0.29, 0.717) is 0 Å². The van der Waals surface area contributed by atoms with Gasteiger partial charge in [0.05, 0.1) is 11.1 Å². The van der Waals surface area contributed by atoms with Gasteiger partial charge in [0.2, 0.25) is 0 Å². The molecule has 0 atom stereocenters. The molecular formula is C69H55N. The molecule has 0 N–H and O–H groups in total. The van der Waals surface area contributed by atoms with Crippen LogP contribution in [0, 0.1) is 0 Å². The Kier molecular flexibility index (Phi) is 9.65. The Morgan fingerprint density at radius 3 is 1.26 bits per heavy atom. The Morgan fingerprint density at radius 2 is 0.686 bits per heavy atom. The van der Waals surface area contributed by atoms with Crippen molar-refractivity contribution in [1.82, 2.24) is 0 Å². The molecule has 0 saturated carbocycles. The lowest BCUT2D eigenvalue weighted by Gasteiger charge is -2.43. The van der Waals surface area contributed by atoms with Gasteiger partial charge in [0.1, 0.15) is 0 Å². The maximum Gasteiger partial charge on any atom is 0.0726 e. The lowest BCUT2D eigenvalue weighted by Crippen LogP contribution is -2.34. The first kappa shape index (κ1) is 42.1.